The molecular formula is C18H20N2O5S2. The topological polar surface area (TPSA) is 95.0 Å². The molecule has 1 aliphatic rings. The quantitative estimate of drug-likeness (QED) is 0.818. The molecule has 1 fully saturated rings. The third-order valence-electron chi connectivity index (χ3n) is 4.48. The summed E-state index contributed by atoms with van der Waals surface area (Å²) < 4.78 is 27.1. The van der Waals surface area contributed by atoms with Gasteiger partial charge in [0.15, 0.2) is 0 Å². The molecule has 1 amide bonds. The van der Waals surface area contributed by atoms with Crippen molar-refractivity contribution in [1.82, 2.24) is 9.21 Å². The Labute approximate surface area is 161 Å². The molecule has 1 saturated heterocycles. The van der Waals surface area contributed by atoms with E-state index in [1.54, 1.807) is 49.6 Å². The van der Waals surface area contributed by atoms with Crippen LogP contribution in [0, 0.1) is 0 Å². The van der Waals surface area contributed by atoms with Gasteiger partial charge in [0.1, 0.15) is 6.04 Å². The molecule has 1 aliphatic heterocycles. The molecule has 0 aliphatic carbocycles. The first-order valence-electron chi connectivity index (χ1n) is 8.39. The molecule has 0 spiro atoms. The summed E-state index contributed by atoms with van der Waals surface area (Å²) in [5.74, 6) is -1.70. The van der Waals surface area contributed by atoms with Crippen LogP contribution in [0.4, 0.5) is 0 Å². The van der Waals surface area contributed by atoms with E-state index >= 15 is 0 Å². The van der Waals surface area contributed by atoms with Crippen LogP contribution < -0.4 is 0 Å². The lowest BCUT2D eigenvalue weighted by molar-refractivity contribution is -0.154. The summed E-state index contributed by atoms with van der Waals surface area (Å²) in [5.41, 5.74) is 0. The van der Waals surface area contributed by atoms with Crippen LogP contribution in [0.3, 0.4) is 0 Å². The molecule has 27 heavy (non-hydrogen) atoms. The van der Waals surface area contributed by atoms with Crippen LogP contribution in [-0.2, 0) is 19.6 Å². The summed E-state index contributed by atoms with van der Waals surface area (Å²) in [4.78, 5) is 27.1. The molecule has 1 N–H and O–H groups in total. The minimum Gasteiger partial charge on any atom is -0.480 e. The molecular weight excluding hydrogens is 388 g/mol. The van der Waals surface area contributed by atoms with E-state index in [4.69, 9.17) is 0 Å². The number of hydrogen-bond donors (Lipinski definition) is 1. The van der Waals surface area contributed by atoms with E-state index in [-0.39, 0.29) is 10.9 Å². The predicted octanol–water partition coefficient (Wildman–Crippen LogP) is 2.18. The molecule has 0 bridgehead atoms. The summed E-state index contributed by atoms with van der Waals surface area (Å²) in [5, 5.41) is 11.7. The van der Waals surface area contributed by atoms with Gasteiger partial charge in [-0.3, -0.25) is 9.59 Å². The zero-order valence-electron chi connectivity index (χ0n) is 14.8. The molecule has 9 heteroatoms. The maximum absolute atomic E-state index is 13.1. The molecule has 2 atom stereocenters. The minimum absolute atomic E-state index is 0.0352. The van der Waals surface area contributed by atoms with E-state index in [2.05, 4.69) is 0 Å². The summed E-state index contributed by atoms with van der Waals surface area (Å²) in [6.07, 6.45) is 0. The zero-order chi connectivity index (χ0) is 19.8. The fourth-order valence-corrected chi connectivity index (χ4v) is 5.77. The van der Waals surface area contributed by atoms with Gasteiger partial charge in [-0.1, -0.05) is 24.3 Å². The Hall–Kier alpha value is -2.23. The lowest BCUT2D eigenvalue weighted by Gasteiger charge is -2.46. The zero-order valence-corrected chi connectivity index (χ0v) is 16.5. The standard InChI is InChI=1S/C18H20N2O5S2/c1-12(2)20-15(21)11-19(27(24,25)13-7-4-3-5-8-13)17(18(22)23)16(20)14-9-6-10-26-14/h3-10,12,16-17H,11H2,1-2H3,(H,22,23). The van der Waals surface area contributed by atoms with Crippen molar-refractivity contribution in [3.8, 4) is 0 Å². The number of carbonyl (C=O) groups is 2. The van der Waals surface area contributed by atoms with Crippen molar-refractivity contribution in [1.29, 1.82) is 0 Å². The maximum Gasteiger partial charge on any atom is 0.324 e. The van der Waals surface area contributed by atoms with Crippen LogP contribution >= 0.6 is 11.3 Å². The number of hydrogen-bond acceptors (Lipinski definition) is 5. The van der Waals surface area contributed by atoms with Crippen LogP contribution in [-0.4, -0.2) is 53.2 Å². The molecule has 144 valence electrons. The van der Waals surface area contributed by atoms with Gasteiger partial charge in [-0.05, 0) is 37.4 Å². The Balaban J connectivity index is 2.16. The van der Waals surface area contributed by atoms with Crippen molar-refractivity contribution in [2.75, 3.05) is 6.54 Å². The Morgan fingerprint density at radius 1 is 1.19 bits per heavy atom. The largest absolute Gasteiger partial charge is 0.480 e. The first-order valence-corrected chi connectivity index (χ1v) is 10.7. The van der Waals surface area contributed by atoms with E-state index < -0.39 is 40.5 Å². The minimum atomic E-state index is -4.15. The van der Waals surface area contributed by atoms with Crippen molar-refractivity contribution in [2.24, 2.45) is 0 Å². The van der Waals surface area contributed by atoms with Gasteiger partial charge in [-0.15, -0.1) is 11.3 Å². The molecule has 2 aromatic rings. The van der Waals surface area contributed by atoms with Crippen LogP contribution in [0.1, 0.15) is 24.8 Å². The number of thiophene rings is 1. The van der Waals surface area contributed by atoms with Crippen LogP contribution in [0.2, 0.25) is 0 Å². The number of aliphatic carboxylic acids is 1. The SMILES string of the molecule is CC(C)N1C(=O)CN(S(=O)(=O)c2ccccc2)C(C(=O)O)C1c1cccs1. The Morgan fingerprint density at radius 3 is 2.37 bits per heavy atom. The second-order valence-electron chi connectivity index (χ2n) is 6.50. The van der Waals surface area contributed by atoms with Crippen LogP contribution in [0.15, 0.2) is 52.7 Å². The lowest BCUT2D eigenvalue weighted by Crippen LogP contribution is -2.63. The Morgan fingerprint density at radius 2 is 1.85 bits per heavy atom. The summed E-state index contributed by atoms with van der Waals surface area (Å²) >= 11 is 1.30. The first-order chi connectivity index (χ1) is 12.7. The van der Waals surface area contributed by atoms with E-state index in [0.29, 0.717) is 4.88 Å². The van der Waals surface area contributed by atoms with E-state index in [0.717, 1.165) is 4.31 Å². The number of nitrogens with zero attached hydrogens (tertiary/aromatic N) is 2. The molecule has 7 nitrogen and oxygen atoms in total. The van der Waals surface area contributed by atoms with Gasteiger partial charge in [0, 0.05) is 10.9 Å². The molecule has 1 aromatic carbocycles. The van der Waals surface area contributed by atoms with Crippen molar-refractivity contribution >= 4 is 33.2 Å². The average molecular weight is 409 g/mol. The third kappa shape index (κ3) is 3.50. The molecule has 0 saturated carbocycles. The third-order valence-corrected chi connectivity index (χ3v) is 7.27. The van der Waals surface area contributed by atoms with Crippen LogP contribution in [0.25, 0.3) is 0 Å². The highest BCUT2D eigenvalue weighted by Gasteiger charge is 2.51. The smallest absolute Gasteiger partial charge is 0.324 e. The lowest BCUT2D eigenvalue weighted by atomic mass is 9.99. The second-order valence-corrected chi connectivity index (χ2v) is 9.37. The highest BCUT2D eigenvalue weighted by atomic mass is 32.2. The fraction of sp³-hybridized carbons (Fsp3) is 0.333. The van der Waals surface area contributed by atoms with Gasteiger partial charge < -0.3 is 10.0 Å². The number of carbonyl (C=O) groups excluding carboxylic acids is 1. The van der Waals surface area contributed by atoms with Crippen molar-refractivity contribution in [3.05, 3.63) is 52.7 Å². The van der Waals surface area contributed by atoms with Gasteiger partial charge in [0.2, 0.25) is 15.9 Å². The van der Waals surface area contributed by atoms with Gasteiger partial charge in [0.25, 0.3) is 0 Å². The molecule has 3 rings (SSSR count). The number of benzene rings is 1. The van der Waals surface area contributed by atoms with Gasteiger partial charge in [-0.2, -0.15) is 4.31 Å². The van der Waals surface area contributed by atoms with Crippen molar-refractivity contribution in [2.45, 2.75) is 36.9 Å². The monoisotopic (exact) mass is 408 g/mol. The van der Waals surface area contributed by atoms with Gasteiger partial charge in [-0.25, -0.2) is 8.42 Å². The number of sulfonamides is 1. The number of rotatable bonds is 5. The second kappa shape index (κ2) is 7.41. The van der Waals surface area contributed by atoms with Crippen LogP contribution in [0.5, 0.6) is 0 Å². The summed E-state index contributed by atoms with van der Waals surface area (Å²) in [6.45, 7) is 3.08. The average Bonchev–Trinajstić information content (AvgIpc) is 3.15. The number of piperazine rings is 1. The fourth-order valence-electron chi connectivity index (χ4n) is 3.36. The maximum atomic E-state index is 13.1. The Bertz CT molecular complexity index is 926. The van der Waals surface area contributed by atoms with Gasteiger partial charge >= 0.3 is 5.97 Å². The predicted molar refractivity (Wildman–Crippen MR) is 101 cm³/mol. The van der Waals surface area contributed by atoms with Crippen molar-refractivity contribution in [3.63, 3.8) is 0 Å². The number of carboxylic acid groups (broad SMARTS) is 1. The molecule has 0 radical (unpaired) electrons. The van der Waals surface area contributed by atoms with E-state index in [1.807, 2.05) is 0 Å². The highest BCUT2D eigenvalue weighted by molar-refractivity contribution is 7.89. The van der Waals surface area contributed by atoms with E-state index in [9.17, 15) is 23.1 Å². The molecule has 2 unspecified atom stereocenters. The van der Waals surface area contributed by atoms with Gasteiger partial charge in [0.05, 0.1) is 17.5 Å². The number of carboxylic acids is 1. The number of amides is 1. The highest BCUT2D eigenvalue weighted by Crippen LogP contribution is 2.38. The molecule has 1 aromatic heterocycles. The summed E-state index contributed by atoms with van der Waals surface area (Å²) in [6, 6.07) is 8.51. The van der Waals surface area contributed by atoms with Crippen molar-refractivity contribution < 1.29 is 23.1 Å². The molecule has 2 heterocycles. The normalized spacial score (nSPS) is 21.6. The van der Waals surface area contributed by atoms with E-state index in [1.165, 1.54) is 28.4 Å². The summed E-state index contributed by atoms with van der Waals surface area (Å²) in [7, 11) is -4.15. The Kier molecular flexibility index (Phi) is 5.36. The first kappa shape index (κ1) is 19.5.